The van der Waals surface area contributed by atoms with Gasteiger partial charge in [-0.25, -0.2) is 4.79 Å². The third-order valence-corrected chi connectivity index (χ3v) is 5.94. The largest absolute Gasteiger partial charge is 0.469 e. The number of cyclic esters (lactones) is 1. The highest BCUT2D eigenvalue weighted by Crippen LogP contribution is 2.44. The van der Waals surface area contributed by atoms with Crippen LogP contribution in [-0.2, 0) is 26.3 Å². The molecule has 0 unspecified atom stereocenters. The SMILES string of the molecule is CC(=O)O[C@H](C=C=CN1C(=O)OC(c2ccccc2)(c2ccccc2)[C@H]1C)CCc1ccco1. The van der Waals surface area contributed by atoms with Crippen molar-refractivity contribution in [3.63, 3.8) is 0 Å². The molecule has 0 saturated carbocycles. The lowest BCUT2D eigenvalue weighted by Gasteiger charge is -2.33. The fourth-order valence-corrected chi connectivity index (χ4v) is 4.29. The first-order valence-corrected chi connectivity index (χ1v) is 11.3. The molecular weight excluding hydrogens is 430 g/mol. The maximum absolute atomic E-state index is 13.0. The lowest BCUT2D eigenvalue weighted by Crippen LogP contribution is -2.40. The molecule has 174 valence electrons. The molecular formula is C28H27NO5. The molecule has 2 aromatic carbocycles. The number of benzene rings is 2. The van der Waals surface area contributed by atoms with E-state index in [4.69, 9.17) is 13.9 Å². The highest BCUT2D eigenvalue weighted by molar-refractivity contribution is 5.74. The Morgan fingerprint density at radius 2 is 1.74 bits per heavy atom. The molecule has 0 aliphatic carbocycles. The third kappa shape index (κ3) is 4.82. The summed E-state index contributed by atoms with van der Waals surface area (Å²) in [6.45, 7) is 3.31. The molecule has 1 aliphatic rings. The number of amides is 1. The first-order chi connectivity index (χ1) is 16.5. The summed E-state index contributed by atoms with van der Waals surface area (Å²) in [6.07, 6.45) is 4.99. The zero-order chi connectivity index (χ0) is 24.0. The van der Waals surface area contributed by atoms with Crippen LogP contribution in [0.25, 0.3) is 0 Å². The number of hydrogen-bond donors (Lipinski definition) is 0. The van der Waals surface area contributed by atoms with E-state index in [9.17, 15) is 9.59 Å². The van der Waals surface area contributed by atoms with Gasteiger partial charge in [-0.2, -0.15) is 0 Å². The summed E-state index contributed by atoms with van der Waals surface area (Å²) in [7, 11) is 0. The van der Waals surface area contributed by atoms with Crippen molar-refractivity contribution < 1.29 is 23.5 Å². The number of ether oxygens (including phenoxy) is 2. The van der Waals surface area contributed by atoms with E-state index in [2.05, 4.69) is 5.73 Å². The van der Waals surface area contributed by atoms with Gasteiger partial charge in [-0.15, -0.1) is 5.73 Å². The van der Waals surface area contributed by atoms with Crippen LogP contribution >= 0.6 is 0 Å². The van der Waals surface area contributed by atoms with Gasteiger partial charge in [-0.05, 0) is 31.6 Å². The minimum absolute atomic E-state index is 0.346. The number of rotatable bonds is 8. The van der Waals surface area contributed by atoms with Crippen LogP contribution < -0.4 is 0 Å². The summed E-state index contributed by atoms with van der Waals surface area (Å²) < 4.78 is 16.8. The molecule has 6 nitrogen and oxygen atoms in total. The number of esters is 1. The molecule has 4 rings (SSSR count). The van der Waals surface area contributed by atoms with Crippen molar-refractivity contribution in [3.05, 3.63) is 114 Å². The summed E-state index contributed by atoms with van der Waals surface area (Å²) in [5.74, 6) is 0.422. The molecule has 0 radical (unpaired) electrons. The van der Waals surface area contributed by atoms with E-state index >= 15 is 0 Å². The maximum atomic E-state index is 13.0. The number of nitrogens with zero attached hydrogens (tertiary/aromatic N) is 1. The highest BCUT2D eigenvalue weighted by Gasteiger charge is 2.53. The van der Waals surface area contributed by atoms with Crippen molar-refractivity contribution in [2.45, 2.75) is 44.4 Å². The predicted octanol–water partition coefficient (Wildman–Crippen LogP) is 5.60. The molecule has 0 spiro atoms. The van der Waals surface area contributed by atoms with E-state index in [-0.39, 0.29) is 12.0 Å². The minimum Gasteiger partial charge on any atom is -0.469 e. The molecule has 0 bridgehead atoms. The van der Waals surface area contributed by atoms with Crippen LogP contribution in [0.5, 0.6) is 0 Å². The van der Waals surface area contributed by atoms with E-state index in [1.165, 1.54) is 11.8 Å². The first kappa shape index (κ1) is 23.1. The van der Waals surface area contributed by atoms with E-state index in [0.29, 0.717) is 12.8 Å². The predicted molar refractivity (Wildman–Crippen MR) is 127 cm³/mol. The van der Waals surface area contributed by atoms with Crippen LogP contribution in [-0.4, -0.2) is 29.1 Å². The van der Waals surface area contributed by atoms with Crippen LogP contribution in [0.15, 0.2) is 101 Å². The topological polar surface area (TPSA) is 69.0 Å². The maximum Gasteiger partial charge on any atom is 0.416 e. The van der Waals surface area contributed by atoms with Gasteiger partial charge in [-0.1, -0.05) is 60.7 Å². The van der Waals surface area contributed by atoms with Gasteiger partial charge in [0.05, 0.1) is 18.5 Å². The molecule has 6 heteroatoms. The van der Waals surface area contributed by atoms with Gasteiger partial charge in [0.15, 0.2) is 5.60 Å². The van der Waals surface area contributed by atoms with Gasteiger partial charge in [0, 0.05) is 24.5 Å². The summed E-state index contributed by atoms with van der Waals surface area (Å²) in [4.78, 5) is 26.1. The number of carbonyl (C=O) groups excluding carboxylic acids is 2. The lowest BCUT2D eigenvalue weighted by atomic mass is 9.81. The highest BCUT2D eigenvalue weighted by atomic mass is 16.6. The van der Waals surface area contributed by atoms with Crippen LogP contribution in [0.1, 0.15) is 37.2 Å². The molecule has 1 fully saturated rings. The van der Waals surface area contributed by atoms with E-state index in [1.807, 2.05) is 79.7 Å². The van der Waals surface area contributed by atoms with Gasteiger partial charge in [0.2, 0.25) is 0 Å². The molecule has 34 heavy (non-hydrogen) atoms. The molecule has 2 atom stereocenters. The average molecular weight is 458 g/mol. The second-order valence-corrected chi connectivity index (χ2v) is 8.15. The Bertz CT molecular complexity index is 1120. The standard InChI is InChI=1S/C28H27NO5/c1-21-28(23-11-5-3-6-12-23,24-13-7-4-8-14-24)34-27(31)29(21)19-9-15-26(33-22(2)30)18-17-25-16-10-20-32-25/h3-8,10-16,19-21,26H,17-18H2,1-2H3/t9?,21-,26-/m1/s1. The van der Waals surface area contributed by atoms with Crippen LogP contribution in [0.3, 0.4) is 0 Å². The summed E-state index contributed by atoms with van der Waals surface area (Å²) in [5.41, 5.74) is 3.84. The van der Waals surface area contributed by atoms with Crippen molar-refractivity contribution in [3.8, 4) is 0 Å². The Labute approximate surface area is 199 Å². The minimum atomic E-state index is -0.966. The Morgan fingerprint density at radius 1 is 1.09 bits per heavy atom. The number of furan rings is 1. The summed E-state index contributed by atoms with van der Waals surface area (Å²) in [6, 6.07) is 22.8. The van der Waals surface area contributed by atoms with E-state index in [1.54, 1.807) is 18.5 Å². The second kappa shape index (κ2) is 10.3. The number of carbonyl (C=O) groups is 2. The molecule has 2 heterocycles. The smallest absolute Gasteiger partial charge is 0.416 e. The number of hydrogen-bond acceptors (Lipinski definition) is 5. The van der Waals surface area contributed by atoms with E-state index < -0.39 is 17.8 Å². The molecule has 3 aromatic rings. The van der Waals surface area contributed by atoms with Gasteiger partial charge in [-0.3, -0.25) is 9.69 Å². The van der Waals surface area contributed by atoms with Gasteiger partial charge in [0.25, 0.3) is 0 Å². The van der Waals surface area contributed by atoms with Crippen LogP contribution in [0.4, 0.5) is 4.79 Å². The van der Waals surface area contributed by atoms with Crippen molar-refractivity contribution in [2.24, 2.45) is 0 Å². The lowest BCUT2D eigenvalue weighted by molar-refractivity contribution is -0.144. The number of aryl methyl sites for hydroxylation is 1. The Balaban J connectivity index is 1.60. The Kier molecular flexibility index (Phi) is 7.00. The molecule has 1 saturated heterocycles. The van der Waals surface area contributed by atoms with Gasteiger partial charge >= 0.3 is 12.1 Å². The molecule has 1 aliphatic heterocycles. The second-order valence-electron chi connectivity index (χ2n) is 8.15. The van der Waals surface area contributed by atoms with E-state index in [0.717, 1.165) is 16.9 Å². The monoisotopic (exact) mass is 457 g/mol. The first-order valence-electron chi connectivity index (χ1n) is 11.3. The fourth-order valence-electron chi connectivity index (χ4n) is 4.29. The average Bonchev–Trinajstić information content (AvgIpc) is 3.45. The molecule has 0 N–H and O–H groups in total. The van der Waals surface area contributed by atoms with Crippen molar-refractivity contribution in [2.75, 3.05) is 0 Å². The Morgan fingerprint density at radius 3 is 2.29 bits per heavy atom. The van der Waals surface area contributed by atoms with Crippen molar-refractivity contribution >= 4 is 12.1 Å². The molecule has 1 amide bonds. The van der Waals surface area contributed by atoms with Crippen molar-refractivity contribution in [1.82, 2.24) is 4.90 Å². The van der Waals surface area contributed by atoms with Gasteiger partial charge in [0.1, 0.15) is 11.9 Å². The van der Waals surface area contributed by atoms with Crippen LogP contribution in [0.2, 0.25) is 0 Å². The zero-order valence-electron chi connectivity index (χ0n) is 19.2. The third-order valence-electron chi connectivity index (χ3n) is 5.94. The summed E-state index contributed by atoms with van der Waals surface area (Å²) >= 11 is 0. The van der Waals surface area contributed by atoms with Crippen LogP contribution in [0, 0.1) is 0 Å². The van der Waals surface area contributed by atoms with Crippen molar-refractivity contribution in [1.29, 1.82) is 0 Å². The fraction of sp³-hybridized carbons (Fsp3) is 0.250. The normalized spacial score (nSPS) is 17.4. The summed E-state index contributed by atoms with van der Waals surface area (Å²) in [5, 5.41) is 0. The van der Waals surface area contributed by atoms with Gasteiger partial charge < -0.3 is 13.9 Å². The quantitative estimate of drug-likeness (QED) is 0.325. The zero-order valence-corrected chi connectivity index (χ0v) is 19.2. The molecule has 1 aromatic heterocycles. The Hall–Kier alpha value is -4.02.